The van der Waals surface area contributed by atoms with Crippen LogP contribution in [-0.4, -0.2) is 18.1 Å². The van der Waals surface area contributed by atoms with Gasteiger partial charge in [-0.3, -0.25) is 9.63 Å². The number of anilines is 1. The number of aryl methyl sites for hydroxylation is 1. The van der Waals surface area contributed by atoms with E-state index in [1.165, 1.54) is 0 Å². The Bertz CT molecular complexity index is 745. The summed E-state index contributed by atoms with van der Waals surface area (Å²) in [6, 6.07) is 16.9. The molecule has 2 aromatic rings. The minimum atomic E-state index is -0.684. The summed E-state index contributed by atoms with van der Waals surface area (Å²) in [6.07, 6.45) is -0.378. The number of amides is 2. The summed E-state index contributed by atoms with van der Waals surface area (Å²) in [7, 11) is 0. The molecule has 0 saturated heterocycles. The zero-order chi connectivity index (χ0) is 20.4. The van der Waals surface area contributed by atoms with Crippen molar-refractivity contribution in [3.8, 4) is 0 Å². The zero-order valence-corrected chi connectivity index (χ0v) is 16.6. The number of carbonyl (C=O) groups is 2. The molecule has 0 spiro atoms. The molecule has 2 N–H and O–H groups in total. The molecule has 1 atom stereocenters. The summed E-state index contributed by atoms with van der Waals surface area (Å²) in [4.78, 5) is 29.6. The highest BCUT2D eigenvalue weighted by Gasteiger charge is 2.18. The molecule has 6 heteroatoms. The molecule has 0 aromatic heterocycles. The first kappa shape index (κ1) is 21.4. The molecule has 0 bridgehead atoms. The minimum absolute atomic E-state index is 0.130. The lowest BCUT2D eigenvalue weighted by Gasteiger charge is -2.19. The molecule has 0 aliphatic rings. The highest BCUT2D eigenvalue weighted by atomic mass is 16.7. The van der Waals surface area contributed by atoms with Crippen LogP contribution in [0.1, 0.15) is 37.8 Å². The molecule has 28 heavy (non-hydrogen) atoms. The maximum absolute atomic E-state index is 12.3. The van der Waals surface area contributed by atoms with Crippen molar-refractivity contribution in [2.75, 3.05) is 5.32 Å². The van der Waals surface area contributed by atoms with Crippen molar-refractivity contribution in [3.05, 3.63) is 65.7 Å². The van der Waals surface area contributed by atoms with Crippen LogP contribution >= 0.6 is 0 Å². The van der Waals surface area contributed by atoms with Crippen molar-refractivity contribution >= 4 is 17.7 Å². The van der Waals surface area contributed by atoms with Crippen molar-refractivity contribution < 1.29 is 19.2 Å². The number of hydrogen-bond acceptors (Lipinski definition) is 4. The average Bonchev–Trinajstić information content (AvgIpc) is 2.66. The van der Waals surface area contributed by atoms with Gasteiger partial charge in [-0.1, -0.05) is 61.9 Å². The highest BCUT2D eigenvalue weighted by molar-refractivity contribution is 5.91. The van der Waals surface area contributed by atoms with Gasteiger partial charge in [0.15, 0.2) is 0 Å². The third-order valence-electron chi connectivity index (χ3n) is 4.00. The monoisotopic (exact) mass is 384 g/mol. The molecule has 2 aromatic carbocycles. The summed E-state index contributed by atoms with van der Waals surface area (Å²) in [5.74, 6) is 0.133. The first-order chi connectivity index (χ1) is 13.4. The molecule has 6 nitrogen and oxygen atoms in total. The smallest absolute Gasteiger partial charge is 0.431 e. The van der Waals surface area contributed by atoms with Crippen molar-refractivity contribution in [2.24, 2.45) is 5.92 Å². The number of rotatable bonds is 9. The van der Waals surface area contributed by atoms with Crippen LogP contribution in [-0.2, 0) is 21.0 Å². The van der Waals surface area contributed by atoms with Crippen molar-refractivity contribution in [1.82, 2.24) is 5.48 Å². The normalized spacial score (nSPS) is 11.7. The van der Waals surface area contributed by atoms with E-state index in [4.69, 9.17) is 9.57 Å². The van der Waals surface area contributed by atoms with Crippen LogP contribution in [0.2, 0.25) is 0 Å². The van der Waals surface area contributed by atoms with Gasteiger partial charge in [-0.25, -0.2) is 4.79 Å². The van der Waals surface area contributed by atoms with Gasteiger partial charge in [-0.15, -0.1) is 0 Å². The fourth-order valence-electron chi connectivity index (χ4n) is 2.64. The quantitative estimate of drug-likeness (QED) is 0.620. The first-order valence-electron chi connectivity index (χ1n) is 9.41. The fourth-order valence-corrected chi connectivity index (χ4v) is 2.64. The molecule has 0 aliphatic carbocycles. The van der Waals surface area contributed by atoms with Crippen molar-refractivity contribution in [1.29, 1.82) is 0 Å². The Hall–Kier alpha value is -2.86. The maximum Gasteiger partial charge on any atom is 0.431 e. The number of carbonyl (C=O) groups excluding carboxylic acids is 2. The summed E-state index contributed by atoms with van der Waals surface area (Å²) in [6.45, 7) is 6.20. The van der Waals surface area contributed by atoms with Gasteiger partial charge in [0.25, 0.3) is 0 Å². The lowest BCUT2D eigenvalue weighted by atomic mass is 10.0. The van der Waals surface area contributed by atoms with E-state index in [9.17, 15) is 9.59 Å². The minimum Gasteiger partial charge on any atom is -0.443 e. The second-order valence-electron chi connectivity index (χ2n) is 7.15. The summed E-state index contributed by atoms with van der Waals surface area (Å²) in [5.41, 5.74) is 5.03. The van der Waals surface area contributed by atoms with Gasteiger partial charge in [0.2, 0.25) is 5.91 Å². The third-order valence-corrected chi connectivity index (χ3v) is 4.00. The van der Waals surface area contributed by atoms with Crippen molar-refractivity contribution in [2.45, 2.75) is 46.3 Å². The summed E-state index contributed by atoms with van der Waals surface area (Å²) < 4.78 is 5.12. The second kappa shape index (κ2) is 11.1. The van der Waals surface area contributed by atoms with Crippen LogP contribution in [0.3, 0.4) is 0 Å². The van der Waals surface area contributed by atoms with Gasteiger partial charge in [0.05, 0.1) is 12.5 Å². The van der Waals surface area contributed by atoms with Gasteiger partial charge in [0, 0.05) is 5.69 Å². The van der Waals surface area contributed by atoms with Crippen LogP contribution in [0.15, 0.2) is 54.6 Å². The molecule has 0 radical (unpaired) electrons. The summed E-state index contributed by atoms with van der Waals surface area (Å²) in [5, 5.41) is 2.84. The maximum atomic E-state index is 12.3. The highest BCUT2D eigenvalue weighted by Crippen LogP contribution is 2.14. The van der Waals surface area contributed by atoms with E-state index < -0.39 is 12.2 Å². The SMILES string of the molecule is Cc1ccc(NC(=O)C[C@@H](CC(C)C)ONC(=O)OCc2ccccc2)cc1. The van der Waals surface area contributed by atoms with Crippen LogP contribution < -0.4 is 10.8 Å². The largest absolute Gasteiger partial charge is 0.443 e. The molecule has 2 rings (SSSR count). The van der Waals surface area contributed by atoms with Crippen LogP contribution in [0.25, 0.3) is 0 Å². The van der Waals surface area contributed by atoms with Crippen LogP contribution in [0.5, 0.6) is 0 Å². The molecule has 0 fully saturated rings. The standard InChI is InChI=1S/C22H28N2O4/c1-16(2)13-20(14-21(25)23-19-11-9-17(3)10-12-19)28-24-22(26)27-15-18-7-5-4-6-8-18/h4-12,16,20H,13-15H2,1-3H3,(H,23,25)(H,24,26)/t20-/m1/s1. The lowest BCUT2D eigenvalue weighted by Crippen LogP contribution is -2.33. The molecule has 0 unspecified atom stereocenters. The predicted octanol–water partition coefficient (Wildman–Crippen LogP) is 4.60. The Morgan fingerprint density at radius 3 is 2.32 bits per heavy atom. The summed E-state index contributed by atoms with van der Waals surface area (Å²) >= 11 is 0. The van der Waals surface area contributed by atoms with E-state index in [1.54, 1.807) is 0 Å². The predicted molar refractivity (Wildman–Crippen MR) is 109 cm³/mol. The molecule has 0 aliphatic heterocycles. The Balaban J connectivity index is 1.80. The Morgan fingerprint density at radius 2 is 1.68 bits per heavy atom. The number of hydroxylamine groups is 1. The average molecular weight is 384 g/mol. The molecular weight excluding hydrogens is 356 g/mol. The zero-order valence-electron chi connectivity index (χ0n) is 16.6. The van der Waals surface area contributed by atoms with Crippen LogP contribution in [0, 0.1) is 12.8 Å². The molecular formula is C22H28N2O4. The van der Waals surface area contributed by atoms with E-state index >= 15 is 0 Å². The van der Waals surface area contributed by atoms with E-state index in [0.29, 0.717) is 12.3 Å². The molecule has 0 heterocycles. The van der Waals surface area contributed by atoms with Gasteiger partial charge in [-0.2, -0.15) is 5.48 Å². The van der Waals surface area contributed by atoms with Crippen molar-refractivity contribution in [3.63, 3.8) is 0 Å². The van der Waals surface area contributed by atoms with Gasteiger partial charge in [0.1, 0.15) is 6.61 Å². The Kier molecular flexibility index (Phi) is 8.49. The Labute approximate surface area is 166 Å². The first-order valence-corrected chi connectivity index (χ1v) is 9.41. The van der Waals surface area contributed by atoms with Gasteiger partial charge < -0.3 is 10.1 Å². The number of ether oxygens (including phenoxy) is 1. The molecule has 0 saturated carbocycles. The van der Waals surface area contributed by atoms with Gasteiger partial charge in [-0.05, 0) is 37.0 Å². The molecule has 2 amide bonds. The topological polar surface area (TPSA) is 76.7 Å². The van der Waals surface area contributed by atoms with E-state index in [-0.39, 0.29) is 18.9 Å². The lowest BCUT2D eigenvalue weighted by molar-refractivity contribution is -0.121. The van der Waals surface area contributed by atoms with Gasteiger partial charge >= 0.3 is 6.09 Å². The van der Waals surface area contributed by atoms with E-state index in [0.717, 1.165) is 16.8 Å². The molecule has 150 valence electrons. The Morgan fingerprint density at radius 1 is 1.00 bits per heavy atom. The van der Waals surface area contributed by atoms with E-state index in [1.807, 2.05) is 75.4 Å². The third kappa shape index (κ3) is 8.22. The second-order valence-corrected chi connectivity index (χ2v) is 7.15. The van der Waals surface area contributed by atoms with E-state index in [2.05, 4.69) is 10.8 Å². The number of hydrogen-bond donors (Lipinski definition) is 2. The van der Waals surface area contributed by atoms with Crippen LogP contribution in [0.4, 0.5) is 10.5 Å². The fraction of sp³-hybridized carbons (Fsp3) is 0.364. The number of nitrogens with one attached hydrogen (secondary N) is 2. The number of benzene rings is 2.